The summed E-state index contributed by atoms with van der Waals surface area (Å²) in [5, 5.41) is 7.17. The van der Waals surface area contributed by atoms with Crippen LogP contribution in [0.2, 0.25) is 0 Å². The van der Waals surface area contributed by atoms with E-state index in [9.17, 15) is 9.18 Å². The molecule has 4 aromatic rings. The first kappa shape index (κ1) is 23.6. The molecule has 1 aliphatic carbocycles. The molecule has 3 heterocycles. The number of aryl methyl sites for hydroxylation is 2. The fourth-order valence-corrected chi connectivity index (χ4v) is 5.24. The van der Waals surface area contributed by atoms with Crippen molar-refractivity contribution in [3.05, 3.63) is 76.0 Å². The summed E-state index contributed by atoms with van der Waals surface area (Å²) in [4.78, 5) is 24.7. The van der Waals surface area contributed by atoms with Crippen LogP contribution < -0.4 is 21.1 Å². The van der Waals surface area contributed by atoms with Crippen molar-refractivity contribution in [3.8, 4) is 11.1 Å². The molecule has 8 heteroatoms. The van der Waals surface area contributed by atoms with E-state index in [1.165, 1.54) is 24.5 Å². The summed E-state index contributed by atoms with van der Waals surface area (Å²) in [6, 6.07) is 13.4. The van der Waals surface area contributed by atoms with E-state index in [4.69, 9.17) is 0 Å². The largest absolute Gasteiger partial charge is 0.367 e. The molecule has 0 spiro atoms. The Labute approximate surface area is 215 Å². The molecule has 2 fully saturated rings. The van der Waals surface area contributed by atoms with Gasteiger partial charge in [0.25, 0.3) is 5.56 Å². The van der Waals surface area contributed by atoms with Crippen LogP contribution >= 0.6 is 0 Å². The number of aromatic nitrogens is 3. The van der Waals surface area contributed by atoms with Gasteiger partial charge < -0.3 is 15.5 Å². The predicted octanol–water partition coefficient (Wildman–Crippen LogP) is 4.96. The zero-order valence-electron chi connectivity index (χ0n) is 21.2. The average molecular weight is 499 g/mol. The van der Waals surface area contributed by atoms with Gasteiger partial charge in [-0.1, -0.05) is 18.2 Å². The summed E-state index contributed by atoms with van der Waals surface area (Å²) in [5.74, 6) is 0.703. The molecule has 0 bridgehead atoms. The number of anilines is 3. The number of rotatable bonds is 6. The third-order valence-corrected chi connectivity index (χ3v) is 7.39. The number of pyridine rings is 1. The zero-order valence-corrected chi connectivity index (χ0v) is 21.2. The van der Waals surface area contributed by atoms with Crippen LogP contribution in [0.3, 0.4) is 0 Å². The Morgan fingerprint density at radius 1 is 1.08 bits per heavy atom. The van der Waals surface area contributed by atoms with Crippen LogP contribution in [0.1, 0.15) is 36.8 Å². The maximum absolute atomic E-state index is 14.9. The van der Waals surface area contributed by atoms with Crippen LogP contribution in [-0.4, -0.2) is 40.7 Å². The van der Waals surface area contributed by atoms with Gasteiger partial charge in [0.15, 0.2) is 0 Å². The second-order valence-corrected chi connectivity index (χ2v) is 9.96. The normalized spacial score (nSPS) is 15.8. The molecule has 2 aromatic carbocycles. The summed E-state index contributed by atoms with van der Waals surface area (Å²) in [6.45, 7) is 7.72. The number of benzene rings is 2. The van der Waals surface area contributed by atoms with Gasteiger partial charge in [-0.15, -0.1) is 0 Å². The molecule has 2 aliphatic rings. The molecule has 1 saturated heterocycles. The van der Waals surface area contributed by atoms with Crippen LogP contribution in [0.15, 0.2) is 53.5 Å². The molecule has 1 aliphatic heterocycles. The molecule has 2 aromatic heterocycles. The van der Waals surface area contributed by atoms with Gasteiger partial charge in [0.1, 0.15) is 11.5 Å². The lowest BCUT2D eigenvalue weighted by molar-refractivity contribution is 0.566. The summed E-state index contributed by atoms with van der Waals surface area (Å²) >= 11 is 0. The first-order chi connectivity index (χ1) is 18.0. The Morgan fingerprint density at radius 3 is 2.59 bits per heavy atom. The first-order valence-corrected chi connectivity index (χ1v) is 13.1. The lowest BCUT2D eigenvalue weighted by atomic mass is 9.97. The van der Waals surface area contributed by atoms with Crippen molar-refractivity contribution in [2.24, 2.45) is 0 Å². The number of halogens is 1. The van der Waals surface area contributed by atoms with E-state index in [1.807, 2.05) is 24.0 Å². The van der Waals surface area contributed by atoms with E-state index in [-0.39, 0.29) is 11.4 Å². The lowest BCUT2D eigenvalue weighted by Gasteiger charge is -2.29. The highest BCUT2D eigenvalue weighted by atomic mass is 19.1. The van der Waals surface area contributed by atoms with E-state index in [2.05, 4.69) is 45.7 Å². The first-order valence-electron chi connectivity index (χ1n) is 13.1. The second-order valence-electron chi connectivity index (χ2n) is 9.96. The van der Waals surface area contributed by atoms with Gasteiger partial charge in [-0.2, -0.15) is 4.98 Å². The standard InChI is InChI=1S/C29H31FN6O/c1-3-36-27-21(15-24(28(36)37)23-8-6-20(14-18(23)2)19-4-5-19)17-32-29(34-27)33-22-7-9-26(25(30)16-22)35-12-10-31-11-13-35/h6-9,14-17,19,31H,3-5,10-13H2,1-2H3,(H,32,33,34). The second kappa shape index (κ2) is 9.59. The molecule has 7 nitrogen and oxygen atoms in total. The molecule has 6 rings (SSSR count). The van der Waals surface area contributed by atoms with Gasteiger partial charge in [0.2, 0.25) is 5.95 Å². The highest BCUT2D eigenvalue weighted by Crippen LogP contribution is 2.41. The van der Waals surface area contributed by atoms with Crippen LogP contribution in [-0.2, 0) is 6.54 Å². The minimum atomic E-state index is -0.286. The quantitative estimate of drug-likeness (QED) is 0.392. The van der Waals surface area contributed by atoms with Crippen molar-refractivity contribution in [2.45, 2.75) is 39.2 Å². The van der Waals surface area contributed by atoms with Crippen LogP contribution in [0.25, 0.3) is 22.2 Å². The molecule has 1 saturated carbocycles. The van der Waals surface area contributed by atoms with Gasteiger partial charge in [-0.25, -0.2) is 9.37 Å². The van der Waals surface area contributed by atoms with Crippen molar-refractivity contribution in [3.63, 3.8) is 0 Å². The monoisotopic (exact) mass is 498 g/mol. The van der Waals surface area contributed by atoms with Gasteiger partial charge >= 0.3 is 0 Å². The number of piperazine rings is 1. The van der Waals surface area contributed by atoms with Crippen molar-refractivity contribution in [2.75, 3.05) is 36.4 Å². The lowest BCUT2D eigenvalue weighted by Crippen LogP contribution is -2.43. The van der Waals surface area contributed by atoms with Gasteiger partial charge in [-0.3, -0.25) is 9.36 Å². The van der Waals surface area contributed by atoms with E-state index >= 15 is 0 Å². The zero-order chi connectivity index (χ0) is 25.5. The third-order valence-electron chi connectivity index (χ3n) is 7.39. The van der Waals surface area contributed by atoms with Crippen molar-refractivity contribution >= 4 is 28.4 Å². The summed E-state index contributed by atoms with van der Waals surface area (Å²) in [5.41, 5.74) is 5.70. The van der Waals surface area contributed by atoms with E-state index in [0.29, 0.717) is 41.0 Å². The van der Waals surface area contributed by atoms with Crippen LogP contribution in [0.4, 0.5) is 21.7 Å². The molecule has 190 valence electrons. The minimum absolute atomic E-state index is 0.0756. The summed E-state index contributed by atoms with van der Waals surface area (Å²) < 4.78 is 16.6. The van der Waals surface area contributed by atoms with Crippen LogP contribution in [0.5, 0.6) is 0 Å². The molecule has 0 radical (unpaired) electrons. The Balaban J connectivity index is 1.32. The maximum Gasteiger partial charge on any atom is 0.260 e. The topological polar surface area (TPSA) is 75.1 Å². The van der Waals surface area contributed by atoms with Crippen molar-refractivity contribution in [1.29, 1.82) is 0 Å². The number of nitrogens with zero attached hydrogens (tertiary/aromatic N) is 4. The molecule has 2 N–H and O–H groups in total. The highest BCUT2D eigenvalue weighted by Gasteiger charge is 2.24. The Morgan fingerprint density at radius 2 is 1.89 bits per heavy atom. The van der Waals surface area contributed by atoms with Gasteiger partial charge in [0, 0.05) is 55.6 Å². The third kappa shape index (κ3) is 4.57. The molecular weight excluding hydrogens is 467 g/mol. The van der Waals surface area contributed by atoms with Crippen LogP contribution in [0, 0.1) is 12.7 Å². The van der Waals surface area contributed by atoms with Crippen molar-refractivity contribution < 1.29 is 4.39 Å². The molecule has 37 heavy (non-hydrogen) atoms. The molecule has 0 atom stereocenters. The van der Waals surface area contributed by atoms with Gasteiger partial charge in [-0.05, 0) is 73.6 Å². The fraction of sp³-hybridized carbons (Fsp3) is 0.345. The molecular formula is C29H31FN6O. The van der Waals surface area contributed by atoms with Crippen molar-refractivity contribution in [1.82, 2.24) is 19.9 Å². The Bertz CT molecular complexity index is 1540. The minimum Gasteiger partial charge on any atom is -0.367 e. The maximum atomic E-state index is 14.9. The number of fused-ring (bicyclic) bond motifs is 1. The van der Waals surface area contributed by atoms with Gasteiger partial charge in [0.05, 0.1) is 5.69 Å². The SMILES string of the molecule is CCn1c(=O)c(-c2ccc(C3CC3)cc2C)cc2cnc(Nc3ccc(N4CCNCC4)c(F)c3)nc21. The number of hydrogen-bond donors (Lipinski definition) is 2. The number of nitrogens with one attached hydrogen (secondary N) is 2. The highest BCUT2D eigenvalue weighted by molar-refractivity contribution is 5.82. The molecule has 0 amide bonds. The predicted molar refractivity (Wildman–Crippen MR) is 146 cm³/mol. The Kier molecular flexibility index (Phi) is 6.12. The van der Waals surface area contributed by atoms with E-state index in [1.54, 1.807) is 16.8 Å². The Hall–Kier alpha value is -3.78. The van der Waals surface area contributed by atoms with E-state index in [0.717, 1.165) is 42.7 Å². The fourth-order valence-electron chi connectivity index (χ4n) is 5.24. The average Bonchev–Trinajstić information content (AvgIpc) is 3.75. The number of hydrogen-bond acceptors (Lipinski definition) is 6. The molecule has 0 unspecified atom stereocenters. The smallest absolute Gasteiger partial charge is 0.260 e. The van der Waals surface area contributed by atoms with E-state index < -0.39 is 0 Å². The summed E-state index contributed by atoms with van der Waals surface area (Å²) in [7, 11) is 0. The summed E-state index contributed by atoms with van der Waals surface area (Å²) in [6.07, 6.45) is 4.22.